The van der Waals surface area contributed by atoms with Gasteiger partial charge < -0.3 is 4.74 Å². The van der Waals surface area contributed by atoms with Gasteiger partial charge in [-0.25, -0.2) is 4.79 Å². The third kappa shape index (κ3) is 2.31. The number of hydrogen-bond donors (Lipinski definition) is 0. The van der Waals surface area contributed by atoms with E-state index < -0.39 is 10.9 Å². The summed E-state index contributed by atoms with van der Waals surface area (Å²) in [6.45, 7) is 1.89. The minimum Gasteiger partial charge on any atom is -0.465 e. The predicted molar refractivity (Wildman–Crippen MR) is 53.8 cm³/mol. The lowest BCUT2D eigenvalue weighted by atomic mass is 10.1. The first-order valence-corrected chi connectivity index (χ1v) is 4.45. The lowest BCUT2D eigenvalue weighted by Gasteiger charge is -2.02. The Balaban J connectivity index is 3.27. The number of nitro groups is 1. The van der Waals surface area contributed by atoms with Crippen LogP contribution in [0.5, 0.6) is 0 Å². The molecule has 1 rings (SSSR count). The molecule has 0 N–H and O–H groups in total. The maximum Gasteiger partial charge on any atom is 0.344 e. The van der Waals surface area contributed by atoms with E-state index in [2.05, 4.69) is 4.74 Å². The standard InChI is InChI=1S/C10H11NO4/c1-3-7-4-5-8(10(12)15-2)9(6-7)11(13)14/h4-6H,3H2,1-2H3. The molecule has 1 aromatic carbocycles. The molecular formula is C10H11NO4. The van der Waals surface area contributed by atoms with Crippen molar-refractivity contribution >= 4 is 11.7 Å². The second-order valence-corrected chi connectivity index (χ2v) is 2.95. The molecule has 0 aliphatic carbocycles. The van der Waals surface area contributed by atoms with Crippen molar-refractivity contribution < 1.29 is 14.5 Å². The third-order valence-corrected chi connectivity index (χ3v) is 2.07. The maximum absolute atomic E-state index is 11.2. The normalized spacial score (nSPS) is 9.73. The fraction of sp³-hybridized carbons (Fsp3) is 0.300. The SMILES string of the molecule is CCc1ccc(C(=O)OC)c([N+](=O)[O-])c1. The molecule has 0 saturated heterocycles. The summed E-state index contributed by atoms with van der Waals surface area (Å²) in [4.78, 5) is 21.3. The second kappa shape index (κ2) is 4.54. The zero-order valence-corrected chi connectivity index (χ0v) is 8.52. The van der Waals surface area contributed by atoms with Crippen LogP contribution in [0.15, 0.2) is 18.2 Å². The first-order chi connectivity index (χ1) is 7.10. The molecule has 0 bridgehead atoms. The number of methoxy groups -OCH3 is 1. The first kappa shape index (κ1) is 11.2. The molecule has 0 spiro atoms. The summed E-state index contributed by atoms with van der Waals surface area (Å²) in [5.74, 6) is -0.690. The van der Waals surface area contributed by atoms with Gasteiger partial charge in [-0.15, -0.1) is 0 Å². The van der Waals surface area contributed by atoms with E-state index in [1.807, 2.05) is 6.92 Å². The second-order valence-electron chi connectivity index (χ2n) is 2.95. The monoisotopic (exact) mass is 209 g/mol. The Bertz CT molecular complexity index is 400. The Hall–Kier alpha value is -1.91. The number of nitrogens with zero attached hydrogens (tertiary/aromatic N) is 1. The van der Waals surface area contributed by atoms with Crippen LogP contribution in [-0.4, -0.2) is 18.0 Å². The highest BCUT2D eigenvalue weighted by atomic mass is 16.6. The van der Waals surface area contributed by atoms with Crippen molar-refractivity contribution in [2.75, 3.05) is 7.11 Å². The molecule has 0 aromatic heterocycles. The minimum absolute atomic E-state index is 0.0142. The van der Waals surface area contributed by atoms with Gasteiger partial charge in [0, 0.05) is 6.07 Å². The van der Waals surface area contributed by atoms with Crippen LogP contribution < -0.4 is 0 Å². The maximum atomic E-state index is 11.2. The molecule has 0 amide bonds. The summed E-state index contributed by atoms with van der Waals surface area (Å²) in [7, 11) is 1.19. The van der Waals surface area contributed by atoms with Crippen LogP contribution in [0.2, 0.25) is 0 Å². The van der Waals surface area contributed by atoms with Crippen LogP contribution in [0.3, 0.4) is 0 Å². The first-order valence-electron chi connectivity index (χ1n) is 4.45. The summed E-state index contributed by atoms with van der Waals surface area (Å²) in [6, 6.07) is 4.49. The van der Waals surface area contributed by atoms with E-state index in [9.17, 15) is 14.9 Å². The fourth-order valence-corrected chi connectivity index (χ4v) is 1.23. The lowest BCUT2D eigenvalue weighted by molar-refractivity contribution is -0.385. The van der Waals surface area contributed by atoms with Gasteiger partial charge in [0.15, 0.2) is 0 Å². The zero-order valence-electron chi connectivity index (χ0n) is 8.52. The van der Waals surface area contributed by atoms with Gasteiger partial charge in [-0.1, -0.05) is 13.0 Å². The molecule has 5 heteroatoms. The molecule has 80 valence electrons. The van der Waals surface area contributed by atoms with Gasteiger partial charge in [0.25, 0.3) is 5.69 Å². The quantitative estimate of drug-likeness (QED) is 0.433. The highest BCUT2D eigenvalue weighted by Crippen LogP contribution is 2.21. The van der Waals surface area contributed by atoms with Crippen LogP contribution in [0.25, 0.3) is 0 Å². The number of aryl methyl sites for hydroxylation is 1. The number of nitro benzene ring substituents is 1. The summed E-state index contributed by atoms with van der Waals surface area (Å²) in [5, 5.41) is 10.7. The van der Waals surface area contributed by atoms with Crippen LogP contribution >= 0.6 is 0 Å². The summed E-state index contributed by atoms with van der Waals surface area (Å²) >= 11 is 0. The molecule has 1 aromatic rings. The van der Waals surface area contributed by atoms with E-state index in [0.29, 0.717) is 6.42 Å². The molecular weight excluding hydrogens is 198 g/mol. The van der Waals surface area contributed by atoms with E-state index in [1.54, 1.807) is 6.07 Å². The third-order valence-electron chi connectivity index (χ3n) is 2.07. The fourth-order valence-electron chi connectivity index (χ4n) is 1.23. The summed E-state index contributed by atoms with van der Waals surface area (Å²) in [6.07, 6.45) is 0.683. The zero-order chi connectivity index (χ0) is 11.4. The summed E-state index contributed by atoms with van der Waals surface area (Å²) in [5.41, 5.74) is 0.593. The smallest absolute Gasteiger partial charge is 0.344 e. The van der Waals surface area contributed by atoms with E-state index >= 15 is 0 Å². The van der Waals surface area contributed by atoms with Crippen molar-refractivity contribution in [1.29, 1.82) is 0 Å². The van der Waals surface area contributed by atoms with Crippen molar-refractivity contribution in [1.82, 2.24) is 0 Å². The Morgan fingerprint density at radius 3 is 2.67 bits per heavy atom. The van der Waals surface area contributed by atoms with E-state index in [-0.39, 0.29) is 11.3 Å². The Morgan fingerprint density at radius 1 is 1.53 bits per heavy atom. The minimum atomic E-state index is -0.690. The summed E-state index contributed by atoms with van der Waals surface area (Å²) < 4.78 is 4.46. The van der Waals surface area contributed by atoms with Crippen LogP contribution in [0, 0.1) is 10.1 Å². The number of benzene rings is 1. The average molecular weight is 209 g/mol. The number of rotatable bonds is 3. The molecule has 0 saturated carbocycles. The highest BCUT2D eigenvalue weighted by molar-refractivity contribution is 5.93. The molecule has 15 heavy (non-hydrogen) atoms. The molecule has 0 fully saturated rings. The van der Waals surface area contributed by atoms with Crippen molar-refractivity contribution in [3.05, 3.63) is 39.4 Å². The Kier molecular flexibility index (Phi) is 3.38. The number of hydrogen-bond acceptors (Lipinski definition) is 4. The molecule has 5 nitrogen and oxygen atoms in total. The van der Waals surface area contributed by atoms with Crippen LogP contribution in [0.4, 0.5) is 5.69 Å². The molecule has 0 aliphatic heterocycles. The van der Waals surface area contributed by atoms with E-state index in [4.69, 9.17) is 0 Å². The average Bonchev–Trinajstić information content (AvgIpc) is 2.27. The van der Waals surface area contributed by atoms with Crippen molar-refractivity contribution in [3.63, 3.8) is 0 Å². The number of carbonyl (C=O) groups is 1. The van der Waals surface area contributed by atoms with Crippen molar-refractivity contribution in [3.8, 4) is 0 Å². The number of ether oxygens (including phenoxy) is 1. The molecule has 0 radical (unpaired) electrons. The predicted octanol–water partition coefficient (Wildman–Crippen LogP) is 1.94. The van der Waals surface area contributed by atoms with E-state index in [0.717, 1.165) is 5.56 Å². The van der Waals surface area contributed by atoms with E-state index in [1.165, 1.54) is 19.2 Å². The lowest BCUT2D eigenvalue weighted by Crippen LogP contribution is -2.06. The van der Waals surface area contributed by atoms with Crippen LogP contribution in [0.1, 0.15) is 22.8 Å². The van der Waals surface area contributed by atoms with Gasteiger partial charge in [-0.2, -0.15) is 0 Å². The molecule has 0 atom stereocenters. The number of carbonyl (C=O) groups excluding carboxylic acids is 1. The number of esters is 1. The topological polar surface area (TPSA) is 69.4 Å². The molecule has 0 unspecified atom stereocenters. The van der Waals surface area contributed by atoms with Crippen molar-refractivity contribution in [2.45, 2.75) is 13.3 Å². The largest absolute Gasteiger partial charge is 0.465 e. The van der Waals surface area contributed by atoms with Crippen LogP contribution in [-0.2, 0) is 11.2 Å². The van der Waals surface area contributed by atoms with Gasteiger partial charge in [-0.05, 0) is 18.1 Å². The Morgan fingerprint density at radius 2 is 2.20 bits per heavy atom. The van der Waals surface area contributed by atoms with Gasteiger partial charge in [-0.3, -0.25) is 10.1 Å². The molecule has 0 heterocycles. The van der Waals surface area contributed by atoms with Gasteiger partial charge >= 0.3 is 5.97 Å². The highest BCUT2D eigenvalue weighted by Gasteiger charge is 2.20. The van der Waals surface area contributed by atoms with Gasteiger partial charge in [0.05, 0.1) is 12.0 Å². The molecule has 0 aliphatic rings. The van der Waals surface area contributed by atoms with Gasteiger partial charge in [0.1, 0.15) is 5.56 Å². The Labute approximate surface area is 86.8 Å². The van der Waals surface area contributed by atoms with Crippen molar-refractivity contribution in [2.24, 2.45) is 0 Å². The van der Waals surface area contributed by atoms with Gasteiger partial charge in [0.2, 0.25) is 0 Å².